The molecule has 2 amide bonds. The smallest absolute Gasteiger partial charge is 0.253 e. The summed E-state index contributed by atoms with van der Waals surface area (Å²) in [4.78, 5) is 31.3. The Hall–Kier alpha value is -2.43. The number of pyridine rings is 1. The Balaban J connectivity index is 1.58. The fourth-order valence-corrected chi connectivity index (χ4v) is 4.04. The van der Waals surface area contributed by atoms with E-state index in [9.17, 15) is 9.59 Å². The third-order valence-corrected chi connectivity index (χ3v) is 5.61. The summed E-state index contributed by atoms with van der Waals surface area (Å²) < 4.78 is 0. The summed E-state index contributed by atoms with van der Waals surface area (Å²) in [6, 6.07) is 9.39. The molecule has 2 heterocycles. The van der Waals surface area contributed by atoms with E-state index in [2.05, 4.69) is 4.98 Å². The number of nitrogens with two attached hydrogens (primary N) is 1. The van der Waals surface area contributed by atoms with Crippen LogP contribution in [0.5, 0.6) is 0 Å². The molecular formula is C20H23N3O2. The summed E-state index contributed by atoms with van der Waals surface area (Å²) >= 11 is 0. The van der Waals surface area contributed by atoms with E-state index in [4.69, 9.17) is 5.73 Å². The number of benzene rings is 1. The SMILES string of the molecule is NC(=O)C1(CC2CC2)CCCN(C(=O)c2ccc3ncccc3c2)C1. The van der Waals surface area contributed by atoms with Gasteiger partial charge in [0.1, 0.15) is 0 Å². The van der Waals surface area contributed by atoms with Crippen molar-refractivity contribution < 1.29 is 9.59 Å². The zero-order valence-corrected chi connectivity index (χ0v) is 14.3. The number of primary amides is 1. The number of likely N-dealkylation sites (tertiary alicyclic amines) is 1. The molecule has 0 spiro atoms. The molecule has 2 N–H and O–H groups in total. The maximum atomic E-state index is 13.0. The molecule has 1 atom stereocenters. The molecule has 2 aliphatic rings. The number of carbonyl (C=O) groups excluding carboxylic acids is 2. The lowest BCUT2D eigenvalue weighted by Crippen LogP contribution is -2.52. The quantitative estimate of drug-likeness (QED) is 0.932. The highest BCUT2D eigenvalue weighted by molar-refractivity contribution is 5.98. The molecule has 1 saturated heterocycles. The van der Waals surface area contributed by atoms with Gasteiger partial charge in [-0.05, 0) is 49.4 Å². The predicted octanol–water partition coefficient (Wildman–Crippen LogP) is 2.74. The number of hydrogen-bond donors (Lipinski definition) is 1. The summed E-state index contributed by atoms with van der Waals surface area (Å²) in [6.07, 6.45) is 6.56. The first-order chi connectivity index (χ1) is 12.1. The van der Waals surface area contributed by atoms with Crippen molar-refractivity contribution in [2.45, 2.75) is 32.1 Å². The number of carbonyl (C=O) groups is 2. The van der Waals surface area contributed by atoms with Crippen LogP contribution in [-0.4, -0.2) is 34.8 Å². The van der Waals surface area contributed by atoms with Crippen molar-refractivity contribution in [3.63, 3.8) is 0 Å². The highest BCUT2D eigenvalue weighted by Gasteiger charge is 2.45. The molecule has 1 unspecified atom stereocenters. The lowest BCUT2D eigenvalue weighted by Gasteiger charge is -2.41. The van der Waals surface area contributed by atoms with Gasteiger partial charge in [0.15, 0.2) is 0 Å². The number of amides is 2. The molecule has 1 aliphatic heterocycles. The van der Waals surface area contributed by atoms with Crippen molar-refractivity contribution in [1.29, 1.82) is 0 Å². The van der Waals surface area contributed by atoms with Crippen LogP contribution in [0, 0.1) is 11.3 Å². The van der Waals surface area contributed by atoms with Gasteiger partial charge in [-0.1, -0.05) is 18.9 Å². The normalized spacial score (nSPS) is 23.6. The average Bonchev–Trinajstić information content (AvgIpc) is 3.44. The van der Waals surface area contributed by atoms with Gasteiger partial charge in [-0.15, -0.1) is 0 Å². The first-order valence-corrected chi connectivity index (χ1v) is 9.01. The van der Waals surface area contributed by atoms with E-state index < -0.39 is 5.41 Å². The van der Waals surface area contributed by atoms with Gasteiger partial charge in [-0.3, -0.25) is 14.6 Å². The lowest BCUT2D eigenvalue weighted by molar-refractivity contribution is -0.131. The van der Waals surface area contributed by atoms with Crippen LogP contribution in [0.1, 0.15) is 42.5 Å². The topological polar surface area (TPSA) is 76.3 Å². The Morgan fingerprint density at radius 1 is 1.28 bits per heavy atom. The molecule has 25 heavy (non-hydrogen) atoms. The maximum absolute atomic E-state index is 13.0. The van der Waals surface area contributed by atoms with E-state index in [0.29, 0.717) is 24.6 Å². The number of piperidine rings is 1. The molecule has 4 rings (SSSR count). The molecule has 1 aromatic carbocycles. The van der Waals surface area contributed by atoms with Gasteiger partial charge in [0.05, 0.1) is 10.9 Å². The first kappa shape index (κ1) is 16.1. The average molecular weight is 337 g/mol. The highest BCUT2D eigenvalue weighted by atomic mass is 16.2. The second kappa shape index (κ2) is 6.14. The first-order valence-electron chi connectivity index (χ1n) is 9.01. The summed E-state index contributed by atoms with van der Waals surface area (Å²) in [6.45, 7) is 1.13. The monoisotopic (exact) mass is 337 g/mol. The van der Waals surface area contributed by atoms with Gasteiger partial charge in [0.2, 0.25) is 5.91 Å². The van der Waals surface area contributed by atoms with E-state index in [1.807, 2.05) is 35.2 Å². The van der Waals surface area contributed by atoms with Gasteiger partial charge in [-0.2, -0.15) is 0 Å². The molecule has 2 fully saturated rings. The van der Waals surface area contributed by atoms with Gasteiger partial charge in [0, 0.05) is 30.2 Å². The molecular weight excluding hydrogens is 314 g/mol. The Morgan fingerprint density at radius 3 is 2.88 bits per heavy atom. The fourth-order valence-electron chi connectivity index (χ4n) is 4.04. The van der Waals surface area contributed by atoms with E-state index in [1.54, 1.807) is 6.20 Å². The van der Waals surface area contributed by atoms with Crippen LogP contribution in [0.4, 0.5) is 0 Å². The Kier molecular flexibility index (Phi) is 3.94. The zero-order chi connectivity index (χ0) is 17.4. The second-order valence-corrected chi connectivity index (χ2v) is 7.53. The Labute approximate surface area is 147 Å². The summed E-state index contributed by atoms with van der Waals surface area (Å²) in [7, 11) is 0. The Bertz CT molecular complexity index is 831. The highest BCUT2D eigenvalue weighted by Crippen LogP contribution is 2.44. The standard InChI is InChI=1S/C20H23N3O2/c21-19(25)20(12-14-4-5-14)8-2-10-23(13-20)18(24)16-6-7-17-15(11-16)3-1-9-22-17/h1,3,6-7,9,11,14H,2,4-5,8,10,12-13H2,(H2,21,25). The third kappa shape index (κ3) is 3.11. The number of rotatable bonds is 4. The number of fused-ring (bicyclic) bond motifs is 1. The largest absolute Gasteiger partial charge is 0.369 e. The summed E-state index contributed by atoms with van der Waals surface area (Å²) in [5, 5.41) is 0.949. The van der Waals surface area contributed by atoms with Crippen molar-refractivity contribution in [2.24, 2.45) is 17.1 Å². The van der Waals surface area contributed by atoms with Crippen LogP contribution in [0.15, 0.2) is 36.5 Å². The number of aromatic nitrogens is 1. The maximum Gasteiger partial charge on any atom is 0.253 e. The Morgan fingerprint density at radius 2 is 2.12 bits per heavy atom. The molecule has 1 aromatic heterocycles. The molecule has 0 bridgehead atoms. The van der Waals surface area contributed by atoms with E-state index in [-0.39, 0.29) is 11.8 Å². The van der Waals surface area contributed by atoms with Gasteiger partial charge in [-0.25, -0.2) is 0 Å². The molecule has 1 aliphatic carbocycles. The van der Waals surface area contributed by atoms with Gasteiger partial charge in [0.25, 0.3) is 5.91 Å². The molecule has 1 saturated carbocycles. The van der Waals surface area contributed by atoms with Crippen molar-refractivity contribution in [3.8, 4) is 0 Å². The van der Waals surface area contributed by atoms with Crippen LogP contribution in [-0.2, 0) is 4.79 Å². The van der Waals surface area contributed by atoms with E-state index in [0.717, 1.165) is 30.2 Å². The molecule has 0 radical (unpaired) electrons. The van der Waals surface area contributed by atoms with Crippen LogP contribution < -0.4 is 5.73 Å². The minimum Gasteiger partial charge on any atom is -0.369 e. The zero-order valence-electron chi connectivity index (χ0n) is 14.3. The second-order valence-electron chi connectivity index (χ2n) is 7.53. The minimum atomic E-state index is -0.548. The lowest BCUT2D eigenvalue weighted by atomic mass is 9.75. The van der Waals surface area contributed by atoms with Gasteiger partial charge >= 0.3 is 0 Å². The van der Waals surface area contributed by atoms with Crippen molar-refractivity contribution >= 4 is 22.7 Å². The third-order valence-electron chi connectivity index (χ3n) is 5.61. The predicted molar refractivity (Wildman–Crippen MR) is 95.8 cm³/mol. The van der Waals surface area contributed by atoms with E-state index in [1.165, 1.54) is 12.8 Å². The van der Waals surface area contributed by atoms with Crippen molar-refractivity contribution in [1.82, 2.24) is 9.88 Å². The van der Waals surface area contributed by atoms with Crippen molar-refractivity contribution in [3.05, 3.63) is 42.1 Å². The molecule has 5 heteroatoms. The molecule has 5 nitrogen and oxygen atoms in total. The number of hydrogen-bond acceptors (Lipinski definition) is 3. The minimum absolute atomic E-state index is 0.0214. The van der Waals surface area contributed by atoms with Crippen LogP contribution in [0.2, 0.25) is 0 Å². The van der Waals surface area contributed by atoms with Crippen LogP contribution in [0.25, 0.3) is 10.9 Å². The fraction of sp³-hybridized carbons (Fsp3) is 0.450. The summed E-state index contributed by atoms with van der Waals surface area (Å²) in [5.74, 6) is 0.334. The van der Waals surface area contributed by atoms with Crippen LogP contribution >= 0.6 is 0 Å². The number of nitrogens with zero attached hydrogens (tertiary/aromatic N) is 2. The molecule has 2 aromatic rings. The van der Waals surface area contributed by atoms with Crippen molar-refractivity contribution in [2.75, 3.05) is 13.1 Å². The van der Waals surface area contributed by atoms with Gasteiger partial charge < -0.3 is 10.6 Å². The summed E-state index contributed by atoms with van der Waals surface area (Å²) in [5.41, 5.74) is 6.74. The molecule has 130 valence electrons. The van der Waals surface area contributed by atoms with Crippen LogP contribution in [0.3, 0.4) is 0 Å². The van der Waals surface area contributed by atoms with E-state index >= 15 is 0 Å².